The molecule has 2 N–H and O–H groups in total. The highest BCUT2D eigenvalue weighted by Gasteiger charge is 2.41. The maximum Gasteiger partial charge on any atom is 0.256 e. The number of aliphatic hydroxyl groups is 1. The Morgan fingerprint density at radius 3 is 2.64 bits per heavy atom. The summed E-state index contributed by atoms with van der Waals surface area (Å²) < 4.78 is 5.56. The Morgan fingerprint density at radius 1 is 1.08 bits per heavy atom. The van der Waals surface area contributed by atoms with Gasteiger partial charge in [0, 0.05) is 70.6 Å². The van der Waals surface area contributed by atoms with Crippen LogP contribution in [-0.2, 0) is 17.7 Å². The summed E-state index contributed by atoms with van der Waals surface area (Å²) in [7, 11) is 0. The van der Waals surface area contributed by atoms with Crippen molar-refractivity contribution in [1.29, 1.82) is 0 Å². The van der Waals surface area contributed by atoms with Gasteiger partial charge < -0.3 is 29.9 Å². The average molecular weight is 533 g/mol. The molecule has 0 bridgehead atoms. The number of likely N-dealkylation sites (N-methyl/N-ethyl adjacent to an activating group) is 1. The van der Waals surface area contributed by atoms with Crippen LogP contribution >= 0.6 is 0 Å². The topological polar surface area (TPSA) is 85.3 Å². The van der Waals surface area contributed by atoms with Crippen LogP contribution in [0.3, 0.4) is 0 Å². The number of hydrogen-bond donors (Lipinski definition) is 2. The maximum absolute atomic E-state index is 13.7. The summed E-state index contributed by atoms with van der Waals surface area (Å²) in [6, 6.07) is 13.7. The Morgan fingerprint density at radius 2 is 1.85 bits per heavy atom. The molecule has 2 aromatic carbocycles. The van der Waals surface area contributed by atoms with Gasteiger partial charge in [-0.25, -0.2) is 0 Å². The Labute approximate surface area is 230 Å². The van der Waals surface area contributed by atoms with E-state index >= 15 is 0 Å². The predicted octanol–water partition coefficient (Wildman–Crippen LogP) is 2.69. The van der Waals surface area contributed by atoms with Gasteiger partial charge in [0.05, 0.1) is 17.4 Å². The van der Waals surface area contributed by atoms with E-state index in [-0.39, 0.29) is 29.8 Å². The van der Waals surface area contributed by atoms with E-state index in [0.29, 0.717) is 24.2 Å². The van der Waals surface area contributed by atoms with E-state index in [9.17, 15) is 14.7 Å². The van der Waals surface area contributed by atoms with Crippen LogP contribution in [0.25, 0.3) is 0 Å². The Balaban J connectivity index is 1.17. The quantitative estimate of drug-likeness (QED) is 0.616. The van der Waals surface area contributed by atoms with Crippen molar-refractivity contribution in [3.8, 4) is 0 Å². The van der Waals surface area contributed by atoms with Crippen molar-refractivity contribution in [2.45, 2.75) is 51.3 Å². The maximum atomic E-state index is 13.7. The molecule has 208 valence electrons. The van der Waals surface area contributed by atoms with Gasteiger partial charge in [-0.15, -0.1) is 0 Å². The van der Waals surface area contributed by atoms with Crippen molar-refractivity contribution in [3.63, 3.8) is 0 Å². The van der Waals surface area contributed by atoms with Gasteiger partial charge in [0.2, 0.25) is 0 Å². The fourth-order valence-corrected chi connectivity index (χ4v) is 6.85. The molecule has 0 saturated carbocycles. The number of amides is 2. The van der Waals surface area contributed by atoms with Crippen molar-refractivity contribution in [3.05, 3.63) is 64.7 Å². The number of rotatable bonds is 5. The van der Waals surface area contributed by atoms with Crippen molar-refractivity contribution < 1.29 is 19.4 Å². The molecule has 0 radical (unpaired) electrons. The first-order chi connectivity index (χ1) is 19.0. The zero-order valence-corrected chi connectivity index (χ0v) is 22.9. The van der Waals surface area contributed by atoms with Gasteiger partial charge in [-0.1, -0.05) is 24.3 Å². The lowest BCUT2D eigenvalue weighted by atomic mass is 9.80. The highest BCUT2D eigenvalue weighted by molar-refractivity contribution is 6.03. The number of fused-ring (bicyclic) bond motifs is 2. The lowest BCUT2D eigenvalue weighted by molar-refractivity contribution is 0.0191. The van der Waals surface area contributed by atoms with Crippen molar-refractivity contribution >= 4 is 17.5 Å². The minimum Gasteiger partial charge on any atom is -0.390 e. The zero-order chi connectivity index (χ0) is 27.0. The molecule has 1 spiro atoms. The lowest BCUT2D eigenvalue weighted by Gasteiger charge is -2.33. The number of carbonyl (C=O) groups is 2. The SMILES string of the molecule is CCN1CCN(CC(O)[C@@H]2Cc3ccccc3CN2)C(=O)c2ccc(C(=O)N3CCC4(CCOCC4)C3)cc21. The molecule has 8 heteroatoms. The van der Waals surface area contributed by atoms with Gasteiger partial charge in [0.1, 0.15) is 0 Å². The van der Waals surface area contributed by atoms with E-state index in [0.717, 1.165) is 70.8 Å². The smallest absolute Gasteiger partial charge is 0.256 e. The van der Waals surface area contributed by atoms with Gasteiger partial charge in [0.15, 0.2) is 0 Å². The second-order valence-electron chi connectivity index (χ2n) is 11.7. The molecule has 4 aliphatic rings. The van der Waals surface area contributed by atoms with Gasteiger partial charge in [0.25, 0.3) is 11.8 Å². The highest BCUT2D eigenvalue weighted by atomic mass is 16.5. The molecule has 6 rings (SSSR count). The second kappa shape index (κ2) is 10.9. The summed E-state index contributed by atoms with van der Waals surface area (Å²) in [5, 5.41) is 14.6. The first-order valence-corrected chi connectivity index (χ1v) is 14.5. The van der Waals surface area contributed by atoms with Gasteiger partial charge in [-0.05, 0) is 67.3 Å². The van der Waals surface area contributed by atoms with Crippen molar-refractivity contribution in [2.24, 2.45) is 5.41 Å². The number of aliphatic hydroxyl groups excluding tert-OH is 1. The van der Waals surface area contributed by atoms with Crippen LogP contribution in [0.15, 0.2) is 42.5 Å². The van der Waals surface area contributed by atoms with E-state index in [1.165, 1.54) is 11.1 Å². The molecular weight excluding hydrogens is 492 g/mol. The molecule has 8 nitrogen and oxygen atoms in total. The van der Waals surface area contributed by atoms with E-state index in [1.807, 2.05) is 29.2 Å². The zero-order valence-electron chi connectivity index (χ0n) is 22.9. The number of ether oxygens (including phenoxy) is 1. The van der Waals surface area contributed by atoms with Crippen molar-refractivity contribution in [2.75, 3.05) is 57.4 Å². The van der Waals surface area contributed by atoms with Crippen LogP contribution in [0, 0.1) is 5.41 Å². The van der Waals surface area contributed by atoms with Crippen molar-refractivity contribution in [1.82, 2.24) is 15.1 Å². The third kappa shape index (κ3) is 5.17. The minimum atomic E-state index is -0.674. The first kappa shape index (κ1) is 26.3. The molecule has 2 aromatic rings. The lowest BCUT2D eigenvalue weighted by Crippen LogP contribution is -2.50. The average Bonchev–Trinajstić information content (AvgIpc) is 3.32. The molecule has 2 amide bonds. The molecule has 0 aliphatic carbocycles. The van der Waals surface area contributed by atoms with E-state index < -0.39 is 6.10 Å². The number of anilines is 1. The van der Waals surface area contributed by atoms with Gasteiger partial charge in [-0.3, -0.25) is 9.59 Å². The molecule has 0 aromatic heterocycles. The summed E-state index contributed by atoms with van der Waals surface area (Å²) >= 11 is 0. The normalized spacial score (nSPS) is 23.4. The van der Waals surface area contributed by atoms with E-state index in [2.05, 4.69) is 29.3 Å². The number of likely N-dealkylation sites (tertiary alicyclic amines) is 1. The fraction of sp³-hybridized carbons (Fsp3) is 0.548. The molecule has 39 heavy (non-hydrogen) atoms. The molecule has 4 aliphatic heterocycles. The molecule has 2 fully saturated rings. The second-order valence-corrected chi connectivity index (χ2v) is 11.7. The molecular formula is C31H40N4O4. The molecule has 2 saturated heterocycles. The third-order valence-corrected chi connectivity index (χ3v) is 9.39. The summed E-state index contributed by atoms with van der Waals surface area (Å²) in [6.07, 6.45) is 3.14. The first-order valence-electron chi connectivity index (χ1n) is 14.5. The third-order valence-electron chi connectivity index (χ3n) is 9.39. The Kier molecular flexibility index (Phi) is 7.35. The standard InChI is InChI=1S/C31H40N4O4/c1-2-33-13-14-34(20-28(36)26-17-22-5-3-4-6-24(22)19-32-26)30(38)25-8-7-23(18-27(25)33)29(37)35-12-9-31(21-35)10-15-39-16-11-31/h3-8,18,26,28,32,36H,2,9-17,19-21H2,1H3/t26-,28?/m0/s1. The number of benzene rings is 2. The summed E-state index contributed by atoms with van der Waals surface area (Å²) in [4.78, 5) is 33.2. The largest absolute Gasteiger partial charge is 0.390 e. The van der Waals surface area contributed by atoms with Gasteiger partial charge >= 0.3 is 0 Å². The molecule has 1 unspecified atom stereocenters. The molecule has 4 heterocycles. The van der Waals surface area contributed by atoms with Crippen LogP contribution in [-0.4, -0.2) is 91.3 Å². The van der Waals surface area contributed by atoms with Crippen LogP contribution in [0.2, 0.25) is 0 Å². The summed E-state index contributed by atoms with van der Waals surface area (Å²) in [5.74, 6) is -0.0395. The number of hydrogen-bond acceptors (Lipinski definition) is 6. The van der Waals surface area contributed by atoms with Crippen LogP contribution in [0.5, 0.6) is 0 Å². The monoisotopic (exact) mass is 532 g/mol. The summed E-state index contributed by atoms with van der Waals surface area (Å²) in [6.45, 7) is 8.12. The number of β-amino-alcohol motifs (C(OH)–C–C–N with tert-alkyl or cyclic N) is 1. The number of nitrogens with one attached hydrogen (secondary N) is 1. The number of carbonyl (C=O) groups excluding carboxylic acids is 2. The number of nitrogens with zero attached hydrogens (tertiary/aromatic N) is 3. The van der Waals surface area contributed by atoms with Gasteiger partial charge in [-0.2, -0.15) is 0 Å². The fourth-order valence-electron chi connectivity index (χ4n) is 6.85. The van der Waals surface area contributed by atoms with Crippen LogP contribution < -0.4 is 10.2 Å². The van der Waals surface area contributed by atoms with E-state index in [1.54, 1.807) is 11.0 Å². The predicted molar refractivity (Wildman–Crippen MR) is 150 cm³/mol. The molecule has 2 atom stereocenters. The Bertz CT molecular complexity index is 1230. The van der Waals surface area contributed by atoms with E-state index in [4.69, 9.17) is 4.74 Å². The minimum absolute atomic E-state index is 0.0462. The summed E-state index contributed by atoms with van der Waals surface area (Å²) in [5.41, 5.74) is 4.77. The van der Waals surface area contributed by atoms with Crippen LogP contribution in [0.1, 0.15) is 58.0 Å². The Hall–Kier alpha value is -2.94. The highest BCUT2D eigenvalue weighted by Crippen LogP contribution is 2.40. The van der Waals surface area contributed by atoms with Crippen LogP contribution in [0.4, 0.5) is 5.69 Å².